The lowest BCUT2D eigenvalue weighted by atomic mass is 10.1. The van der Waals surface area contributed by atoms with Crippen molar-refractivity contribution in [3.63, 3.8) is 0 Å². The van der Waals surface area contributed by atoms with Crippen molar-refractivity contribution in [3.8, 4) is 16.9 Å². The molecular formula is C24H24N6O3. The first kappa shape index (κ1) is 21.9. The van der Waals surface area contributed by atoms with E-state index in [-0.39, 0.29) is 18.3 Å². The first-order chi connectivity index (χ1) is 16.0. The van der Waals surface area contributed by atoms with Crippen LogP contribution in [0.5, 0.6) is 0 Å². The molecule has 9 nitrogen and oxygen atoms in total. The van der Waals surface area contributed by atoms with E-state index >= 15 is 0 Å². The molecular weight excluding hydrogens is 420 g/mol. The van der Waals surface area contributed by atoms with E-state index in [4.69, 9.17) is 5.10 Å². The molecule has 4 rings (SSSR count). The number of nitro groups is 1. The molecule has 1 N–H and O–H groups in total. The molecule has 1 atom stereocenters. The maximum absolute atomic E-state index is 13.0. The number of hydrogen-bond donors (Lipinski definition) is 1. The molecule has 0 fully saturated rings. The number of carbonyl (C=O) groups excluding carboxylic acids is 1. The van der Waals surface area contributed by atoms with Gasteiger partial charge in [-0.2, -0.15) is 9.78 Å². The summed E-state index contributed by atoms with van der Waals surface area (Å²) in [6, 6.07) is 20.3. The van der Waals surface area contributed by atoms with Crippen molar-refractivity contribution in [2.45, 2.75) is 32.9 Å². The van der Waals surface area contributed by atoms with E-state index in [1.54, 1.807) is 11.6 Å². The summed E-state index contributed by atoms with van der Waals surface area (Å²) in [6.07, 6.45) is 2.35. The third-order valence-electron chi connectivity index (χ3n) is 5.39. The van der Waals surface area contributed by atoms with E-state index in [9.17, 15) is 14.9 Å². The summed E-state index contributed by atoms with van der Waals surface area (Å²) in [6.45, 7) is 3.81. The summed E-state index contributed by atoms with van der Waals surface area (Å²) in [4.78, 5) is 23.5. The highest BCUT2D eigenvalue weighted by molar-refractivity contribution is 5.80. The van der Waals surface area contributed by atoms with Crippen molar-refractivity contribution in [1.29, 1.82) is 0 Å². The van der Waals surface area contributed by atoms with Crippen LogP contribution in [0, 0.1) is 17.0 Å². The van der Waals surface area contributed by atoms with E-state index in [0.717, 1.165) is 22.5 Å². The molecule has 33 heavy (non-hydrogen) atoms. The zero-order chi connectivity index (χ0) is 23.4. The second-order valence-electron chi connectivity index (χ2n) is 7.64. The Hall–Kier alpha value is -4.27. The average Bonchev–Trinajstić information content (AvgIpc) is 3.44. The number of amides is 1. The highest BCUT2D eigenvalue weighted by atomic mass is 16.6. The van der Waals surface area contributed by atoms with Crippen LogP contribution in [0.1, 0.15) is 30.6 Å². The van der Waals surface area contributed by atoms with Gasteiger partial charge in [0.25, 0.3) is 0 Å². The Labute approximate surface area is 190 Å². The Kier molecular flexibility index (Phi) is 6.30. The maximum atomic E-state index is 13.0. The molecule has 1 unspecified atom stereocenters. The van der Waals surface area contributed by atoms with Crippen LogP contribution in [0.15, 0.2) is 72.9 Å². The minimum Gasteiger partial charge on any atom is -0.358 e. The maximum Gasteiger partial charge on any atom is 0.390 e. The van der Waals surface area contributed by atoms with Gasteiger partial charge in [-0.25, -0.2) is 4.68 Å². The predicted molar refractivity (Wildman–Crippen MR) is 124 cm³/mol. The molecule has 0 saturated carbocycles. The Bertz CT molecular complexity index is 1260. The minimum absolute atomic E-state index is 0.259. The largest absolute Gasteiger partial charge is 0.390 e. The van der Waals surface area contributed by atoms with Crippen molar-refractivity contribution in [3.05, 3.63) is 94.3 Å². The highest BCUT2D eigenvalue weighted by Gasteiger charge is 2.27. The van der Waals surface area contributed by atoms with Crippen LogP contribution in [-0.2, 0) is 11.3 Å². The number of nitrogens with one attached hydrogen (secondary N) is 1. The number of nitrogens with zero attached hydrogens (tertiary/aromatic N) is 5. The number of aryl methyl sites for hydroxylation is 1. The highest BCUT2D eigenvalue weighted by Crippen LogP contribution is 2.24. The zero-order valence-electron chi connectivity index (χ0n) is 18.4. The molecule has 0 aliphatic carbocycles. The Morgan fingerprint density at radius 3 is 2.36 bits per heavy atom. The van der Waals surface area contributed by atoms with Crippen LogP contribution in [0.4, 0.5) is 5.82 Å². The second kappa shape index (κ2) is 9.47. The summed E-state index contributed by atoms with van der Waals surface area (Å²) in [5.41, 5.74) is 4.06. The van der Waals surface area contributed by atoms with Crippen LogP contribution in [0.3, 0.4) is 0 Å². The summed E-state index contributed by atoms with van der Waals surface area (Å²) in [5.74, 6) is -0.528. The molecule has 0 aliphatic heterocycles. The average molecular weight is 444 g/mol. The van der Waals surface area contributed by atoms with Gasteiger partial charge in [-0.3, -0.25) is 4.79 Å². The third kappa shape index (κ3) is 4.67. The number of rotatable bonds is 8. The predicted octanol–water partition coefficient (Wildman–Crippen LogP) is 4.22. The molecule has 2 aromatic carbocycles. The van der Waals surface area contributed by atoms with Crippen molar-refractivity contribution in [1.82, 2.24) is 24.9 Å². The fourth-order valence-electron chi connectivity index (χ4n) is 3.74. The summed E-state index contributed by atoms with van der Waals surface area (Å²) in [7, 11) is 0. The number of hydrogen-bond acceptors (Lipinski definition) is 5. The Balaban J connectivity index is 1.60. The van der Waals surface area contributed by atoms with Crippen molar-refractivity contribution >= 4 is 11.7 Å². The third-order valence-corrected chi connectivity index (χ3v) is 5.39. The normalized spacial score (nSPS) is 11.8. The molecule has 2 heterocycles. The van der Waals surface area contributed by atoms with Gasteiger partial charge in [0.05, 0.1) is 28.2 Å². The van der Waals surface area contributed by atoms with E-state index in [1.807, 2.05) is 73.8 Å². The number of benzene rings is 2. The standard InChI is InChI=1S/C24H24N6O3/c1-3-21(29-17(2)14-22(26-29)30(32)33)24(31)25-15-19-16-28(20-12-8-5-9-13-20)27-23(19)18-10-6-4-7-11-18/h4-14,16,21H,3,15H2,1-2H3,(H,25,31). The molecule has 0 aliphatic rings. The fraction of sp³-hybridized carbons (Fsp3) is 0.208. The van der Waals surface area contributed by atoms with Gasteiger partial charge in [0.1, 0.15) is 0 Å². The first-order valence-corrected chi connectivity index (χ1v) is 10.7. The van der Waals surface area contributed by atoms with Crippen LogP contribution in [0.2, 0.25) is 0 Å². The lowest BCUT2D eigenvalue weighted by Crippen LogP contribution is -2.33. The zero-order valence-corrected chi connectivity index (χ0v) is 18.4. The molecule has 0 spiro atoms. The molecule has 0 saturated heterocycles. The van der Waals surface area contributed by atoms with Gasteiger partial charge in [0.2, 0.25) is 5.91 Å². The smallest absolute Gasteiger partial charge is 0.358 e. The molecule has 168 valence electrons. The summed E-state index contributed by atoms with van der Waals surface area (Å²) < 4.78 is 3.21. The number of para-hydroxylation sites is 1. The van der Waals surface area contributed by atoms with Crippen LogP contribution >= 0.6 is 0 Å². The van der Waals surface area contributed by atoms with E-state index in [0.29, 0.717) is 12.1 Å². The van der Waals surface area contributed by atoms with Crippen molar-refractivity contribution in [2.75, 3.05) is 0 Å². The lowest BCUT2D eigenvalue weighted by molar-refractivity contribution is -0.389. The molecule has 0 radical (unpaired) electrons. The minimum atomic E-state index is -0.650. The molecule has 9 heteroatoms. The van der Waals surface area contributed by atoms with Gasteiger partial charge < -0.3 is 15.4 Å². The fourth-order valence-corrected chi connectivity index (χ4v) is 3.74. The molecule has 4 aromatic rings. The van der Waals surface area contributed by atoms with Gasteiger partial charge >= 0.3 is 5.82 Å². The van der Waals surface area contributed by atoms with Gasteiger partial charge in [-0.1, -0.05) is 55.5 Å². The van der Waals surface area contributed by atoms with Crippen molar-refractivity contribution in [2.24, 2.45) is 0 Å². The second-order valence-corrected chi connectivity index (χ2v) is 7.64. The lowest BCUT2D eigenvalue weighted by Gasteiger charge is -2.14. The van der Waals surface area contributed by atoms with Gasteiger partial charge in [0, 0.05) is 23.9 Å². The number of carbonyl (C=O) groups is 1. The Morgan fingerprint density at radius 2 is 1.76 bits per heavy atom. The quantitative estimate of drug-likeness (QED) is 0.323. The van der Waals surface area contributed by atoms with Crippen LogP contribution in [-0.4, -0.2) is 30.4 Å². The Morgan fingerprint density at radius 1 is 1.09 bits per heavy atom. The van der Waals surface area contributed by atoms with Gasteiger partial charge in [-0.05, 0) is 30.4 Å². The van der Waals surface area contributed by atoms with Gasteiger partial charge in [-0.15, -0.1) is 0 Å². The summed E-state index contributed by atoms with van der Waals surface area (Å²) in [5, 5.41) is 22.8. The monoisotopic (exact) mass is 444 g/mol. The molecule has 0 bridgehead atoms. The van der Waals surface area contributed by atoms with Crippen LogP contribution < -0.4 is 5.32 Å². The van der Waals surface area contributed by atoms with Crippen LogP contribution in [0.25, 0.3) is 16.9 Å². The molecule has 2 aromatic heterocycles. The van der Waals surface area contributed by atoms with Crippen molar-refractivity contribution < 1.29 is 9.72 Å². The topological polar surface area (TPSA) is 108 Å². The van der Waals surface area contributed by atoms with Gasteiger partial charge in [0.15, 0.2) is 6.04 Å². The van der Waals surface area contributed by atoms with E-state index in [2.05, 4.69) is 10.4 Å². The van der Waals surface area contributed by atoms with E-state index in [1.165, 1.54) is 10.7 Å². The number of aromatic nitrogens is 4. The summed E-state index contributed by atoms with van der Waals surface area (Å²) >= 11 is 0. The molecule has 1 amide bonds. The van der Waals surface area contributed by atoms with E-state index < -0.39 is 11.0 Å². The SMILES string of the molecule is CCC(C(=O)NCc1cn(-c2ccccc2)nc1-c1ccccc1)n1nc([N+](=O)[O-])cc1C. The first-order valence-electron chi connectivity index (χ1n) is 10.7.